The number of hydrogen-bond acceptors (Lipinski definition) is 4. The first-order valence-electron chi connectivity index (χ1n) is 9.37. The van der Waals surface area contributed by atoms with Crippen LogP contribution in [0.1, 0.15) is 42.5 Å². The molecule has 4 rings (SSSR count). The summed E-state index contributed by atoms with van der Waals surface area (Å²) in [5.41, 5.74) is 1.68. The lowest BCUT2D eigenvalue weighted by atomic mass is 9.89. The van der Waals surface area contributed by atoms with Crippen LogP contribution in [0.15, 0.2) is 42.5 Å². The summed E-state index contributed by atoms with van der Waals surface area (Å²) in [6.07, 6.45) is 5.30. The average Bonchev–Trinajstić information content (AvgIpc) is 3.10. The molecule has 3 aromatic rings. The van der Waals surface area contributed by atoms with Gasteiger partial charge in [-0.25, -0.2) is 9.37 Å². The number of anilines is 2. The fourth-order valence-corrected chi connectivity index (χ4v) is 4.28. The van der Waals surface area contributed by atoms with Gasteiger partial charge in [-0.15, -0.1) is 0 Å². The van der Waals surface area contributed by atoms with E-state index < -0.39 is 0 Å². The minimum atomic E-state index is -0.386. The molecule has 0 spiro atoms. The lowest BCUT2D eigenvalue weighted by Crippen LogP contribution is -2.24. The summed E-state index contributed by atoms with van der Waals surface area (Å²) < 4.78 is 13.9. The smallest absolute Gasteiger partial charge is 0.255 e. The molecule has 0 bridgehead atoms. The zero-order valence-corrected chi connectivity index (χ0v) is 16.0. The van der Waals surface area contributed by atoms with Crippen molar-refractivity contribution >= 4 is 44.2 Å². The second kappa shape index (κ2) is 8.06. The van der Waals surface area contributed by atoms with Crippen molar-refractivity contribution in [3.05, 3.63) is 53.8 Å². The van der Waals surface area contributed by atoms with Crippen LogP contribution in [0.3, 0.4) is 0 Å². The van der Waals surface area contributed by atoms with E-state index in [1.165, 1.54) is 42.0 Å². The molecule has 1 aliphatic carbocycles. The molecule has 1 aromatic heterocycles. The Balaban J connectivity index is 1.46. The number of benzene rings is 2. The molecule has 2 N–H and O–H groups in total. The van der Waals surface area contributed by atoms with Gasteiger partial charge in [0.1, 0.15) is 5.82 Å². The summed E-state index contributed by atoms with van der Waals surface area (Å²) in [4.78, 5) is 29.2. The van der Waals surface area contributed by atoms with Gasteiger partial charge in [0.2, 0.25) is 5.91 Å². The highest BCUT2D eigenvalue weighted by Gasteiger charge is 2.22. The van der Waals surface area contributed by atoms with E-state index >= 15 is 0 Å². The number of amides is 2. The van der Waals surface area contributed by atoms with Gasteiger partial charge in [-0.2, -0.15) is 0 Å². The molecular formula is C21H20FN3O2S. The number of thiazole rings is 1. The van der Waals surface area contributed by atoms with Crippen LogP contribution in [0.25, 0.3) is 10.2 Å². The standard InChI is InChI=1S/C21H20FN3O2S/c22-15-8-6-14(7-9-15)19(26)23-16-10-11-18-17(12-16)24-21(28-18)25-20(27)13-4-2-1-3-5-13/h6-13H,1-5H2,(H,23,26)(H,24,25,27). The van der Waals surface area contributed by atoms with E-state index in [2.05, 4.69) is 15.6 Å². The zero-order valence-electron chi connectivity index (χ0n) is 15.2. The minimum absolute atomic E-state index is 0.0450. The summed E-state index contributed by atoms with van der Waals surface area (Å²) in [7, 11) is 0. The number of hydrogen-bond donors (Lipinski definition) is 2. The monoisotopic (exact) mass is 397 g/mol. The van der Waals surface area contributed by atoms with Crippen molar-refractivity contribution in [3.63, 3.8) is 0 Å². The van der Waals surface area contributed by atoms with E-state index in [1.807, 2.05) is 6.07 Å². The van der Waals surface area contributed by atoms with Crippen molar-refractivity contribution in [2.45, 2.75) is 32.1 Å². The molecule has 0 atom stereocenters. The molecule has 0 saturated heterocycles. The molecule has 144 valence electrons. The Morgan fingerprint density at radius 1 is 1.00 bits per heavy atom. The molecule has 28 heavy (non-hydrogen) atoms. The molecule has 0 aliphatic heterocycles. The maximum Gasteiger partial charge on any atom is 0.255 e. The lowest BCUT2D eigenvalue weighted by Gasteiger charge is -2.19. The average molecular weight is 397 g/mol. The predicted molar refractivity (Wildman–Crippen MR) is 109 cm³/mol. The van der Waals surface area contributed by atoms with Gasteiger partial charge in [-0.1, -0.05) is 30.6 Å². The Kier molecular flexibility index (Phi) is 5.34. The first-order chi connectivity index (χ1) is 13.6. The van der Waals surface area contributed by atoms with Crippen molar-refractivity contribution in [1.82, 2.24) is 4.98 Å². The highest BCUT2D eigenvalue weighted by atomic mass is 32.1. The van der Waals surface area contributed by atoms with Crippen molar-refractivity contribution in [2.24, 2.45) is 5.92 Å². The zero-order chi connectivity index (χ0) is 19.5. The van der Waals surface area contributed by atoms with E-state index in [4.69, 9.17) is 0 Å². The van der Waals surface area contributed by atoms with Crippen LogP contribution in [0.4, 0.5) is 15.2 Å². The molecule has 1 aliphatic rings. The highest BCUT2D eigenvalue weighted by Crippen LogP contribution is 2.30. The van der Waals surface area contributed by atoms with Gasteiger partial charge in [0.05, 0.1) is 10.2 Å². The van der Waals surface area contributed by atoms with Crippen LogP contribution in [-0.2, 0) is 4.79 Å². The van der Waals surface area contributed by atoms with Gasteiger partial charge in [0, 0.05) is 17.2 Å². The third kappa shape index (κ3) is 4.20. The normalized spacial score (nSPS) is 14.8. The second-order valence-electron chi connectivity index (χ2n) is 6.99. The maximum atomic E-state index is 13.0. The fraction of sp³-hybridized carbons (Fsp3) is 0.286. The van der Waals surface area contributed by atoms with Crippen molar-refractivity contribution in [2.75, 3.05) is 10.6 Å². The Morgan fingerprint density at radius 3 is 2.50 bits per heavy atom. The highest BCUT2D eigenvalue weighted by molar-refractivity contribution is 7.22. The fourth-order valence-electron chi connectivity index (χ4n) is 3.44. The van der Waals surface area contributed by atoms with E-state index in [1.54, 1.807) is 12.1 Å². The molecule has 5 nitrogen and oxygen atoms in total. The molecule has 2 aromatic carbocycles. The van der Waals surface area contributed by atoms with Crippen LogP contribution < -0.4 is 10.6 Å². The number of rotatable bonds is 4. The molecule has 7 heteroatoms. The number of nitrogens with zero attached hydrogens (tertiary/aromatic N) is 1. The van der Waals surface area contributed by atoms with Crippen LogP contribution >= 0.6 is 11.3 Å². The third-order valence-corrected chi connectivity index (χ3v) is 5.91. The lowest BCUT2D eigenvalue weighted by molar-refractivity contribution is -0.120. The van der Waals surface area contributed by atoms with Crippen molar-refractivity contribution in [3.8, 4) is 0 Å². The Bertz CT molecular complexity index is 1010. The first-order valence-corrected chi connectivity index (χ1v) is 10.2. The van der Waals surface area contributed by atoms with Crippen molar-refractivity contribution in [1.29, 1.82) is 0 Å². The number of nitrogens with one attached hydrogen (secondary N) is 2. The summed E-state index contributed by atoms with van der Waals surface area (Å²) in [6.45, 7) is 0. The van der Waals surface area contributed by atoms with Crippen molar-refractivity contribution < 1.29 is 14.0 Å². The van der Waals surface area contributed by atoms with Crippen LogP contribution in [0.5, 0.6) is 0 Å². The van der Waals surface area contributed by atoms with Gasteiger partial charge in [-0.3, -0.25) is 9.59 Å². The van der Waals surface area contributed by atoms with E-state index in [-0.39, 0.29) is 23.5 Å². The van der Waals surface area contributed by atoms with E-state index in [0.717, 1.165) is 30.4 Å². The molecule has 1 saturated carbocycles. The topological polar surface area (TPSA) is 71.1 Å². The first kappa shape index (κ1) is 18.6. The quantitative estimate of drug-likeness (QED) is 0.635. The number of halogens is 1. The SMILES string of the molecule is O=C(Nc1ccc2sc(NC(=O)C3CCCCC3)nc2c1)c1ccc(F)cc1. The molecule has 0 unspecified atom stereocenters. The predicted octanol–water partition coefficient (Wildman–Crippen LogP) is 5.21. The van der Waals surface area contributed by atoms with Crippen LogP contribution in [0.2, 0.25) is 0 Å². The number of aromatic nitrogens is 1. The summed E-state index contributed by atoms with van der Waals surface area (Å²) >= 11 is 1.42. The van der Waals surface area contributed by atoms with E-state index in [0.29, 0.717) is 21.9 Å². The Morgan fingerprint density at radius 2 is 1.75 bits per heavy atom. The number of carbonyl (C=O) groups excluding carboxylic acids is 2. The minimum Gasteiger partial charge on any atom is -0.322 e. The van der Waals surface area contributed by atoms with E-state index in [9.17, 15) is 14.0 Å². The Labute approximate surface area is 166 Å². The van der Waals surface area contributed by atoms with Gasteiger partial charge in [-0.05, 0) is 55.3 Å². The van der Waals surface area contributed by atoms with Crippen LogP contribution in [-0.4, -0.2) is 16.8 Å². The molecule has 1 fully saturated rings. The van der Waals surface area contributed by atoms with Gasteiger partial charge in [0.25, 0.3) is 5.91 Å². The van der Waals surface area contributed by atoms with Crippen LogP contribution in [0, 0.1) is 11.7 Å². The molecule has 0 radical (unpaired) electrons. The second-order valence-corrected chi connectivity index (χ2v) is 8.02. The molecule has 1 heterocycles. The number of carbonyl (C=O) groups is 2. The third-order valence-electron chi connectivity index (χ3n) is 4.96. The summed E-state index contributed by atoms with van der Waals surface area (Å²) in [5.74, 6) is -0.585. The van der Waals surface area contributed by atoms with Gasteiger partial charge >= 0.3 is 0 Å². The largest absolute Gasteiger partial charge is 0.322 e. The number of fused-ring (bicyclic) bond motifs is 1. The van der Waals surface area contributed by atoms with Gasteiger partial charge < -0.3 is 10.6 Å². The maximum absolute atomic E-state index is 13.0. The molecular weight excluding hydrogens is 377 g/mol. The molecule has 2 amide bonds. The van der Waals surface area contributed by atoms with Gasteiger partial charge in [0.15, 0.2) is 5.13 Å². The summed E-state index contributed by atoms with van der Waals surface area (Å²) in [6, 6.07) is 10.8. The summed E-state index contributed by atoms with van der Waals surface area (Å²) in [5, 5.41) is 6.30. The Hall–Kier alpha value is -2.80.